The Morgan fingerprint density at radius 1 is 0.958 bits per heavy atom. The summed E-state index contributed by atoms with van der Waals surface area (Å²) < 4.78 is 0. The molecule has 3 nitrogen and oxygen atoms in total. The van der Waals surface area contributed by atoms with E-state index in [0.717, 1.165) is 5.69 Å². The van der Waals surface area contributed by atoms with E-state index in [1.54, 1.807) is 0 Å². The molecule has 2 aromatic carbocycles. The van der Waals surface area contributed by atoms with Crippen LogP contribution in [0.15, 0.2) is 54.6 Å². The first-order chi connectivity index (χ1) is 11.7. The van der Waals surface area contributed by atoms with Crippen LogP contribution in [0.3, 0.4) is 0 Å². The van der Waals surface area contributed by atoms with Gasteiger partial charge in [0, 0.05) is 5.69 Å². The van der Waals surface area contributed by atoms with Gasteiger partial charge in [0.15, 0.2) is 6.54 Å². The van der Waals surface area contributed by atoms with Crippen LogP contribution < -0.4 is 10.2 Å². The summed E-state index contributed by atoms with van der Waals surface area (Å²) in [6.45, 7) is 0.547. The maximum absolute atomic E-state index is 12.3. The molecule has 0 aliphatic heterocycles. The SMILES string of the molecule is C[NH+](CC(=O)Nc1ccc(-c2ccccc2)cc1)C1CCCCC1. The Balaban J connectivity index is 1.54. The van der Waals surface area contributed by atoms with Crippen molar-refractivity contribution in [1.29, 1.82) is 0 Å². The molecule has 1 atom stereocenters. The first kappa shape index (κ1) is 16.7. The summed E-state index contributed by atoms with van der Waals surface area (Å²) >= 11 is 0. The summed E-state index contributed by atoms with van der Waals surface area (Å²) in [5, 5.41) is 3.03. The van der Waals surface area contributed by atoms with Crippen molar-refractivity contribution in [2.24, 2.45) is 0 Å². The van der Waals surface area contributed by atoms with Crippen LogP contribution in [-0.4, -0.2) is 25.5 Å². The predicted octanol–water partition coefficient (Wildman–Crippen LogP) is 3.14. The minimum absolute atomic E-state index is 0.102. The van der Waals surface area contributed by atoms with Crippen LogP contribution in [0.5, 0.6) is 0 Å². The van der Waals surface area contributed by atoms with E-state index in [0.29, 0.717) is 12.6 Å². The lowest BCUT2D eigenvalue weighted by Crippen LogP contribution is -3.14. The first-order valence-electron chi connectivity index (χ1n) is 9.00. The standard InChI is InChI=1S/C21H26N2O/c1-23(20-10-6-3-7-11-20)16-21(24)22-19-14-12-18(13-15-19)17-8-4-2-5-9-17/h2,4-5,8-9,12-15,20H,3,6-7,10-11,16H2,1H3,(H,22,24)/p+1. The van der Waals surface area contributed by atoms with Crippen molar-refractivity contribution in [1.82, 2.24) is 0 Å². The van der Waals surface area contributed by atoms with Crippen molar-refractivity contribution >= 4 is 11.6 Å². The van der Waals surface area contributed by atoms with Crippen LogP contribution in [0.25, 0.3) is 11.1 Å². The summed E-state index contributed by atoms with van der Waals surface area (Å²) in [7, 11) is 2.15. The molecular weight excluding hydrogens is 296 g/mol. The smallest absolute Gasteiger partial charge is 0.279 e. The van der Waals surface area contributed by atoms with Crippen LogP contribution in [0, 0.1) is 0 Å². The average Bonchev–Trinajstić information content (AvgIpc) is 2.64. The van der Waals surface area contributed by atoms with Gasteiger partial charge in [0.05, 0.1) is 13.1 Å². The van der Waals surface area contributed by atoms with Gasteiger partial charge in [-0.3, -0.25) is 4.79 Å². The number of carbonyl (C=O) groups excluding carboxylic acids is 1. The molecule has 1 aliphatic carbocycles. The lowest BCUT2D eigenvalue weighted by Gasteiger charge is -2.27. The number of anilines is 1. The third kappa shape index (κ3) is 4.45. The fourth-order valence-electron chi connectivity index (χ4n) is 3.57. The third-order valence-corrected chi connectivity index (χ3v) is 5.02. The van der Waals surface area contributed by atoms with Gasteiger partial charge in [-0.1, -0.05) is 48.9 Å². The van der Waals surface area contributed by atoms with Crippen molar-refractivity contribution in [3.63, 3.8) is 0 Å². The van der Waals surface area contributed by atoms with Crippen molar-refractivity contribution in [2.45, 2.75) is 38.1 Å². The fourth-order valence-corrected chi connectivity index (χ4v) is 3.57. The highest BCUT2D eigenvalue weighted by atomic mass is 16.2. The summed E-state index contributed by atoms with van der Waals surface area (Å²) in [5.41, 5.74) is 3.23. The number of quaternary nitrogens is 1. The highest BCUT2D eigenvalue weighted by Crippen LogP contribution is 2.21. The second-order valence-electron chi connectivity index (χ2n) is 6.85. The molecule has 0 bridgehead atoms. The molecule has 0 saturated heterocycles. The molecule has 0 heterocycles. The Labute approximate surface area is 144 Å². The number of hydrogen-bond acceptors (Lipinski definition) is 1. The largest absolute Gasteiger partial charge is 0.327 e. The molecule has 1 aliphatic rings. The van der Waals surface area contributed by atoms with Crippen molar-refractivity contribution in [3.05, 3.63) is 54.6 Å². The summed E-state index contributed by atoms with van der Waals surface area (Å²) in [6.07, 6.45) is 6.48. The molecule has 0 spiro atoms. The molecule has 2 aromatic rings. The maximum atomic E-state index is 12.3. The Morgan fingerprint density at radius 3 is 2.25 bits per heavy atom. The first-order valence-corrected chi connectivity index (χ1v) is 9.00. The second-order valence-corrected chi connectivity index (χ2v) is 6.85. The zero-order valence-corrected chi connectivity index (χ0v) is 14.4. The molecular formula is C21H27N2O+. The summed E-state index contributed by atoms with van der Waals surface area (Å²) in [6, 6.07) is 19.0. The van der Waals surface area contributed by atoms with Crippen molar-refractivity contribution < 1.29 is 9.69 Å². The zero-order chi connectivity index (χ0) is 16.8. The molecule has 3 rings (SSSR count). The average molecular weight is 323 g/mol. The molecule has 1 fully saturated rings. The van der Waals surface area contributed by atoms with Crippen LogP contribution in [0.2, 0.25) is 0 Å². The van der Waals surface area contributed by atoms with Gasteiger partial charge in [-0.2, -0.15) is 0 Å². The number of nitrogens with one attached hydrogen (secondary N) is 2. The molecule has 1 unspecified atom stereocenters. The van der Waals surface area contributed by atoms with E-state index in [-0.39, 0.29) is 5.91 Å². The van der Waals surface area contributed by atoms with Gasteiger partial charge >= 0.3 is 0 Å². The molecule has 1 saturated carbocycles. The summed E-state index contributed by atoms with van der Waals surface area (Å²) in [4.78, 5) is 13.6. The Morgan fingerprint density at radius 2 is 1.58 bits per heavy atom. The quantitative estimate of drug-likeness (QED) is 0.871. The highest BCUT2D eigenvalue weighted by Gasteiger charge is 2.23. The summed E-state index contributed by atoms with van der Waals surface area (Å²) in [5.74, 6) is 0.102. The number of amides is 1. The van der Waals surface area contributed by atoms with Gasteiger partial charge in [0.25, 0.3) is 5.91 Å². The minimum atomic E-state index is 0.102. The fraction of sp³-hybridized carbons (Fsp3) is 0.381. The van der Waals surface area contributed by atoms with Gasteiger partial charge < -0.3 is 10.2 Å². The molecule has 2 N–H and O–H groups in total. The minimum Gasteiger partial charge on any atom is -0.327 e. The van der Waals surface area contributed by atoms with Crippen LogP contribution >= 0.6 is 0 Å². The number of carbonyl (C=O) groups is 1. The van der Waals surface area contributed by atoms with Gasteiger partial charge in [-0.05, 0) is 48.9 Å². The molecule has 3 heteroatoms. The van der Waals surface area contributed by atoms with Crippen LogP contribution in [0.4, 0.5) is 5.69 Å². The highest BCUT2D eigenvalue weighted by molar-refractivity contribution is 5.91. The van der Waals surface area contributed by atoms with E-state index in [1.165, 1.54) is 48.1 Å². The van der Waals surface area contributed by atoms with E-state index < -0.39 is 0 Å². The van der Waals surface area contributed by atoms with E-state index in [4.69, 9.17) is 0 Å². The normalized spacial score (nSPS) is 16.5. The Kier molecular flexibility index (Phi) is 5.65. The van der Waals surface area contributed by atoms with Crippen molar-refractivity contribution in [3.8, 4) is 11.1 Å². The van der Waals surface area contributed by atoms with Crippen LogP contribution in [0.1, 0.15) is 32.1 Å². The Bertz CT molecular complexity index is 645. The Hall–Kier alpha value is -2.13. The molecule has 0 radical (unpaired) electrons. The molecule has 24 heavy (non-hydrogen) atoms. The third-order valence-electron chi connectivity index (χ3n) is 5.02. The number of rotatable bonds is 5. The molecule has 0 aromatic heterocycles. The van der Waals surface area contributed by atoms with E-state index in [2.05, 4.69) is 36.6 Å². The number of hydrogen-bond donors (Lipinski definition) is 2. The van der Waals surface area contributed by atoms with Gasteiger partial charge in [0.1, 0.15) is 0 Å². The lowest BCUT2D eigenvalue weighted by atomic mass is 9.94. The molecule has 126 valence electrons. The number of benzene rings is 2. The van der Waals surface area contributed by atoms with Gasteiger partial charge in [0.2, 0.25) is 0 Å². The van der Waals surface area contributed by atoms with Crippen LogP contribution in [-0.2, 0) is 4.79 Å². The number of likely N-dealkylation sites (N-methyl/N-ethyl adjacent to an activating group) is 1. The van der Waals surface area contributed by atoms with Crippen molar-refractivity contribution in [2.75, 3.05) is 18.9 Å². The zero-order valence-electron chi connectivity index (χ0n) is 14.4. The maximum Gasteiger partial charge on any atom is 0.279 e. The van der Waals surface area contributed by atoms with E-state index in [1.807, 2.05) is 30.3 Å². The van der Waals surface area contributed by atoms with E-state index in [9.17, 15) is 4.79 Å². The monoisotopic (exact) mass is 323 g/mol. The van der Waals surface area contributed by atoms with Gasteiger partial charge in [-0.25, -0.2) is 0 Å². The van der Waals surface area contributed by atoms with E-state index >= 15 is 0 Å². The lowest BCUT2D eigenvalue weighted by molar-refractivity contribution is -0.899. The van der Waals surface area contributed by atoms with Gasteiger partial charge in [-0.15, -0.1) is 0 Å². The topological polar surface area (TPSA) is 33.5 Å². The second kappa shape index (κ2) is 8.11. The predicted molar refractivity (Wildman–Crippen MR) is 99.1 cm³/mol. The molecule has 1 amide bonds.